The average molecular weight is 116 g/mol. The topological polar surface area (TPSA) is 58.9 Å². The molecule has 0 unspecified atom stereocenters. The largest absolute Gasteiger partial charge is 0.151 e. The molecule has 0 amide bonds. The fraction of sp³-hybridized carbons (Fsp3) is 1.00. The highest BCUT2D eigenvalue weighted by Crippen LogP contribution is 1.93. The maximum absolute atomic E-state index is 9.50. The quantitative estimate of drug-likeness (QED) is 0.517. The molecule has 0 spiro atoms. The average Bonchev–Trinajstić information content (AvgIpc) is 1.68. The molecule has 0 fully saturated rings. The van der Waals surface area contributed by atoms with Crippen molar-refractivity contribution in [3.05, 3.63) is 9.81 Å². The van der Waals surface area contributed by atoms with E-state index >= 15 is 0 Å². The molecular weight excluding hydrogens is 108 g/mol. The van der Waals surface area contributed by atoms with Crippen molar-refractivity contribution in [1.29, 1.82) is 0 Å². The van der Waals surface area contributed by atoms with E-state index in [-0.39, 0.29) is 19.0 Å². The smallest absolute Gasteiger partial charge is 0.0855 e. The van der Waals surface area contributed by atoms with Gasteiger partial charge in [0.2, 0.25) is 0 Å². The fourth-order valence-corrected chi connectivity index (χ4v) is 0.312. The Labute approximate surface area is 47.2 Å². The molecule has 0 heterocycles. The molecule has 0 aliphatic heterocycles. The summed E-state index contributed by atoms with van der Waals surface area (Å²) in [5.41, 5.74) is 0. The number of rotatable bonds is 4. The summed E-state index contributed by atoms with van der Waals surface area (Å²) in [6.07, 6.45) is 0. The SMILES string of the molecule is CC(CN=O)CN=O. The third kappa shape index (κ3) is 3.39. The summed E-state index contributed by atoms with van der Waals surface area (Å²) in [6, 6.07) is 0. The molecule has 4 nitrogen and oxygen atoms in total. The minimum atomic E-state index is 0.00463. The van der Waals surface area contributed by atoms with E-state index in [1.165, 1.54) is 0 Å². The van der Waals surface area contributed by atoms with E-state index in [4.69, 9.17) is 0 Å². The maximum atomic E-state index is 9.50. The van der Waals surface area contributed by atoms with Crippen LogP contribution in [0.5, 0.6) is 0 Å². The van der Waals surface area contributed by atoms with Crippen LogP contribution in [-0.4, -0.2) is 13.1 Å². The lowest BCUT2D eigenvalue weighted by Crippen LogP contribution is -2.01. The van der Waals surface area contributed by atoms with Gasteiger partial charge in [0.1, 0.15) is 0 Å². The second kappa shape index (κ2) is 4.36. The van der Waals surface area contributed by atoms with Gasteiger partial charge in [-0.25, -0.2) is 0 Å². The van der Waals surface area contributed by atoms with Crippen molar-refractivity contribution in [3.63, 3.8) is 0 Å². The Morgan fingerprint density at radius 1 is 1.25 bits per heavy atom. The van der Waals surface area contributed by atoms with Crippen molar-refractivity contribution in [2.24, 2.45) is 16.3 Å². The third-order valence-corrected chi connectivity index (χ3v) is 0.772. The summed E-state index contributed by atoms with van der Waals surface area (Å²) < 4.78 is 0. The van der Waals surface area contributed by atoms with Crippen molar-refractivity contribution in [1.82, 2.24) is 0 Å². The maximum Gasteiger partial charge on any atom is 0.0855 e. The Morgan fingerprint density at radius 3 is 1.88 bits per heavy atom. The van der Waals surface area contributed by atoms with Crippen LogP contribution in [0.25, 0.3) is 0 Å². The van der Waals surface area contributed by atoms with Gasteiger partial charge in [-0.2, -0.15) is 9.81 Å². The zero-order chi connectivity index (χ0) is 6.41. The Kier molecular flexibility index (Phi) is 3.93. The Bertz CT molecular complexity index is 74.1. The van der Waals surface area contributed by atoms with Gasteiger partial charge in [-0.15, -0.1) is 0 Å². The van der Waals surface area contributed by atoms with E-state index in [1.807, 2.05) is 0 Å². The standard InChI is InChI=1S/C4H8N2O2/c1-4(2-5-7)3-6-8/h4H,2-3H2,1H3. The van der Waals surface area contributed by atoms with E-state index in [2.05, 4.69) is 10.4 Å². The molecule has 0 aromatic heterocycles. The van der Waals surface area contributed by atoms with E-state index in [0.717, 1.165) is 0 Å². The zero-order valence-corrected chi connectivity index (χ0v) is 4.70. The molecule has 0 N–H and O–H groups in total. The van der Waals surface area contributed by atoms with E-state index < -0.39 is 0 Å². The van der Waals surface area contributed by atoms with Gasteiger partial charge in [0, 0.05) is 5.92 Å². The molecule has 0 saturated carbocycles. The predicted octanol–water partition coefficient (Wildman–Crippen LogP) is 1.16. The van der Waals surface area contributed by atoms with Crippen LogP contribution < -0.4 is 0 Å². The third-order valence-electron chi connectivity index (χ3n) is 0.772. The summed E-state index contributed by atoms with van der Waals surface area (Å²) in [5.74, 6) is 0.00463. The summed E-state index contributed by atoms with van der Waals surface area (Å²) in [4.78, 5) is 19.0. The predicted molar refractivity (Wildman–Crippen MR) is 30.5 cm³/mol. The van der Waals surface area contributed by atoms with E-state index in [0.29, 0.717) is 0 Å². The summed E-state index contributed by atoms with van der Waals surface area (Å²) in [6.45, 7) is 2.13. The van der Waals surface area contributed by atoms with Crippen LogP contribution in [-0.2, 0) is 0 Å². The minimum Gasteiger partial charge on any atom is -0.151 e. The first-order valence-corrected chi connectivity index (χ1v) is 2.39. The van der Waals surface area contributed by atoms with Crippen molar-refractivity contribution in [3.8, 4) is 0 Å². The Morgan fingerprint density at radius 2 is 1.62 bits per heavy atom. The highest BCUT2D eigenvalue weighted by Gasteiger charge is 1.98. The molecule has 0 aromatic carbocycles. The van der Waals surface area contributed by atoms with Gasteiger partial charge in [-0.1, -0.05) is 17.3 Å². The molecule has 0 aromatic rings. The minimum absolute atomic E-state index is 0.00463. The first-order valence-electron chi connectivity index (χ1n) is 2.39. The van der Waals surface area contributed by atoms with Crippen LogP contribution >= 0.6 is 0 Å². The molecule has 0 saturated heterocycles. The van der Waals surface area contributed by atoms with Gasteiger partial charge in [0.05, 0.1) is 13.1 Å². The van der Waals surface area contributed by atoms with Gasteiger partial charge >= 0.3 is 0 Å². The van der Waals surface area contributed by atoms with Crippen molar-refractivity contribution < 1.29 is 0 Å². The van der Waals surface area contributed by atoms with Gasteiger partial charge < -0.3 is 0 Å². The van der Waals surface area contributed by atoms with Crippen molar-refractivity contribution >= 4 is 0 Å². The number of nitroso groups, excluding NO2 is 2. The van der Waals surface area contributed by atoms with Crippen LogP contribution in [0.1, 0.15) is 6.92 Å². The second-order valence-electron chi connectivity index (χ2n) is 1.73. The molecule has 0 rings (SSSR count). The number of hydrogen-bond donors (Lipinski definition) is 0. The molecule has 8 heavy (non-hydrogen) atoms. The van der Waals surface area contributed by atoms with Crippen LogP contribution in [0.3, 0.4) is 0 Å². The van der Waals surface area contributed by atoms with Crippen LogP contribution in [0, 0.1) is 15.7 Å². The van der Waals surface area contributed by atoms with Crippen LogP contribution in [0.2, 0.25) is 0 Å². The highest BCUT2D eigenvalue weighted by molar-refractivity contribution is 4.56. The Hall–Kier alpha value is -0.800. The van der Waals surface area contributed by atoms with Crippen molar-refractivity contribution in [2.45, 2.75) is 6.92 Å². The molecule has 0 aliphatic rings. The number of hydrogen-bond acceptors (Lipinski definition) is 4. The lowest BCUT2D eigenvalue weighted by Gasteiger charge is -1.95. The molecule has 0 aliphatic carbocycles. The van der Waals surface area contributed by atoms with Gasteiger partial charge in [0.25, 0.3) is 0 Å². The van der Waals surface area contributed by atoms with Crippen molar-refractivity contribution in [2.75, 3.05) is 13.1 Å². The van der Waals surface area contributed by atoms with Crippen LogP contribution in [0.15, 0.2) is 10.4 Å². The zero-order valence-electron chi connectivity index (χ0n) is 4.70. The first kappa shape index (κ1) is 7.20. The monoisotopic (exact) mass is 116 g/mol. The van der Waals surface area contributed by atoms with Crippen LogP contribution in [0.4, 0.5) is 0 Å². The molecule has 46 valence electrons. The molecule has 0 atom stereocenters. The summed E-state index contributed by atoms with van der Waals surface area (Å²) >= 11 is 0. The molecular formula is C4H8N2O2. The highest BCUT2D eigenvalue weighted by atomic mass is 16.3. The first-order chi connectivity index (χ1) is 3.81. The lowest BCUT2D eigenvalue weighted by atomic mass is 10.2. The molecule has 0 radical (unpaired) electrons. The molecule has 4 heteroatoms. The Balaban J connectivity index is 3.16. The van der Waals surface area contributed by atoms with Gasteiger partial charge in [-0.3, -0.25) is 0 Å². The normalized spacial score (nSPS) is 9.25. The van der Waals surface area contributed by atoms with E-state index in [9.17, 15) is 9.81 Å². The second-order valence-corrected chi connectivity index (χ2v) is 1.73. The summed E-state index contributed by atoms with van der Waals surface area (Å²) in [5, 5.41) is 5.21. The fourth-order valence-electron chi connectivity index (χ4n) is 0.312. The van der Waals surface area contributed by atoms with Gasteiger partial charge in [-0.05, 0) is 0 Å². The molecule has 0 bridgehead atoms. The lowest BCUT2D eigenvalue weighted by molar-refractivity contribution is 0.607. The van der Waals surface area contributed by atoms with E-state index in [1.54, 1.807) is 6.92 Å². The summed E-state index contributed by atoms with van der Waals surface area (Å²) in [7, 11) is 0. The number of nitrogens with zero attached hydrogens (tertiary/aromatic N) is 2. The van der Waals surface area contributed by atoms with Gasteiger partial charge in [0.15, 0.2) is 0 Å².